The molecule has 1 atom stereocenters. The average molecular weight is 315 g/mol. The van der Waals surface area contributed by atoms with Crippen molar-refractivity contribution in [2.75, 3.05) is 13.1 Å². The first-order valence-corrected chi connectivity index (χ1v) is 8.04. The van der Waals surface area contributed by atoms with Crippen LogP contribution in [0.1, 0.15) is 28.9 Å². The SMILES string of the molecule is Cc1cc(CC2CCN(C(=O)Cc3nc[nH]c3C)C2)ccc1F. The van der Waals surface area contributed by atoms with Crippen molar-refractivity contribution < 1.29 is 9.18 Å². The number of rotatable bonds is 4. The number of H-pyrrole nitrogens is 1. The van der Waals surface area contributed by atoms with Crippen molar-refractivity contribution >= 4 is 5.91 Å². The van der Waals surface area contributed by atoms with Gasteiger partial charge in [-0.1, -0.05) is 12.1 Å². The third-order valence-corrected chi connectivity index (χ3v) is 4.64. The summed E-state index contributed by atoms with van der Waals surface area (Å²) >= 11 is 0. The number of likely N-dealkylation sites (tertiary alicyclic amines) is 1. The Labute approximate surface area is 135 Å². The highest BCUT2D eigenvalue weighted by Gasteiger charge is 2.27. The molecule has 1 aromatic carbocycles. The Morgan fingerprint density at radius 3 is 2.96 bits per heavy atom. The number of nitrogens with zero attached hydrogens (tertiary/aromatic N) is 2. The maximum Gasteiger partial charge on any atom is 0.228 e. The van der Waals surface area contributed by atoms with Gasteiger partial charge >= 0.3 is 0 Å². The van der Waals surface area contributed by atoms with Crippen LogP contribution in [0.3, 0.4) is 0 Å². The van der Waals surface area contributed by atoms with Crippen LogP contribution >= 0.6 is 0 Å². The number of aromatic nitrogens is 2. The molecule has 1 aliphatic heterocycles. The first kappa shape index (κ1) is 15.7. The van der Waals surface area contributed by atoms with E-state index in [9.17, 15) is 9.18 Å². The van der Waals surface area contributed by atoms with Crippen molar-refractivity contribution in [1.29, 1.82) is 0 Å². The molecule has 5 heteroatoms. The molecule has 1 saturated heterocycles. The topological polar surface area (TPSA) is 49.0 Å². The van der Waals surface area contributed by atoms with Crippen LogP contribution in [0.2, 0.25) is 0 Å². The number of aryl methyl sites for hydroxylation is 2. The Kier molecular flexibility index (Phi) is 4.46. The van der Waals surface area contributed by atoms with E-state index in [0.717, 1.165) is 42.9 Å². The highest BCUT2D eigenvalue weighted by Crippen LogP contribution is 2.22. The zero-order valence-electron chi connectivity index (χ0n) is 13.6. The maximum absolute atomic E-state index is 13.3. The van der Waals surface area contributed by atoms with E-state index in [1.807, 2.05) is 24.0 Å². The van der Waals surface area contributed by atoms with Gasteiger partial charge in [-0.25, -0.2) is 9.37 Å². The first-order chi connectivity index (χ1) is 11.0. The van der Waals surface area contributed by atoms with E-state index in [1.165, 1.54) is 6.07 Å². The highest BCUT2D eigenvalue weighted by atomic mass is 19.1. The summed E-state index contributed by atoms with van der Waals surface area (Å²) in [5.41, 5.74) is 3.61. The summed E-state index contributed by atoms with van der Waals surface area (Å²) in [7, 11) is 0. The maximum atomic E-state index is 13.3. The molecule has 122 valence electrons. The third kappa shape index (κ3) is 3.60. The van der Waals surface area contributed by atoms with Crippen LogP contribution in [-0.2, 0) is 17.6 Å². The predicted octanol–water partition coefficient (Wildman–Crippen LogP) is 2.80. The van der Waals surface area contributed by atoms with E-state index in [-0.39, 0.29) is 11.7 Å². The number of halogens is 1. The van der Waals surface area contributed by atoms with Gasteiger partial charge in [0.05, 0.1) is 18.4 Å². The van der Waals surface area contributed by atoms with Crippen LogP contribution in [0.4, 0.5) is 4.39 Å². The minimum atomic E-state index is -0.161. The Bertz CT molecular complexity index is 710. The van der Waals surface area contributed by atoms with Crippen LogP contribution in [-0.4, -0.2) is 33.9 Å². The fraction of sp³-hybridized carbons (Fsp3) is 0.444. The summed E-state index contributed by atoms with van der Waals surface area (Å²) in [4.78, 5) is 21.5. The molecule has 0 bridgehead atoms. The molecule has 1 N–H and O–H groups in total. The minimum absolute atomic E-state index is 0.137. The second-order valence-corrected chi connectivity index (χ2v) is 6.43. The molecule has 2 aromatic rings. The second kappa shape index (κ2) is 6.52. The number of carbonyl (C=O) groups excluding carboxylic acids is 1. The van der Waals surface area contributed by atoms with Gasteiger partial charge in [-0.3, -0.25) is 4.79 Å². The Morgan fingerprint density at radius 1 is 1.43 bits per heavy atom. The number of hydrogen-bond donors (Lipinski definition) is 1. The molecular formula is C18H22FN3O. The molecule has 1 unspecified atom stereocenters. The minimum Gasteiger partial charge on any atom is -0.348 e. The molecule has 1 aliphatic rings. The molecule has 2 heterocycles. The number of carbonyl (C=O) groups is 1. The van der Waals surface area contributed by atoms with E-state index >= 15 is 0 Å². The fourth-order valence-electron chi connectivity index (χ4n) is 3.21. The van der Waals surface area contributed by atoms with Gasteiger partial charge < -0.3 is 9.88 Å². The van der Waals surface area contributed by atoms with Crippen molar-refractivity contribution in [2.45, 2.75) is 33.1 Å². The van der Waals surface area contributed by atoms with Gasteiger partial charge in [-0.2, -0.15) is 0 Å². The van der Waals surface area contributed by atoms with Crippen LogP contribution < -0.4 is 0 Å². The summed E-state index contributed by atoms with van der Waals surface area (Å²) in [6, 6.07) is 5.29. The van der Waals surface area contributed by atoms with Gasteiger partial charge in [0.25, 0.3) is 0 Å². The van der Waals surface area contributed by atoms with Crippen LogP contribution in [0.5, 0.6) is 0 Å². The van der Waals surface area contributed by atoms with Crippen molar-refractivity contribution in [1.82, 2.24) is 14.9 Å². The van der Waals surface area contributed by atoms with Crippen molar-refractivity contribution in [3.8, 4) is 0 Å². The van der Waals surface area contributed by atoms with Gasteiger partial charge in [0.1, 0.15) is 5.82 Å². The zero-order valence-corrected chi connectivity index (χ0v) is 13.6. The number of aromatic amines is 1. The number of nitrogens with one attached hydrogen (secondary N) is 1. The third-order valence-electron chi connectivity index (χ3n) is 4.64. The zero-order chi connectivity index (χ0) is 16.4. The van der Waals surface area contributed by atoms with E-state index < -0.39 is 0 Å². The monoisotopic (exact) mass is 315 g/mol. The van der Waals surface area contributed by atoms with Crippen molar-refractivity contribution in [3.05, 3.63) is 52.9 Å². The molecular weight excluding hydrogens is 293 g/mol. The van der Waals surface area contributed by atoms with Crippen molar-refractivity contribution in [3.63, 3.8) is 0 Å². The summed E-state index contributed by atoms with van der Waals surface area (Å²) in [5, 5.41) is 0. The van der Waals surface area contributed by atoms with E-state index in [4.69, 9.17) is 0 Å². The van der Waals surface area contributed by atoms with Crippen LogP contribution in [0.25, 0.3) is 0 Å². The first-order valence-electron chi connectivity index (χ1n) is 8.04. The molecule has 0 spiro atoms. The van der Waals surface area contributed by atoms with Gasteiger partial charge in [0.2, 0.25) is 5.91 Å². The molecule has 23 heavy (non-hydrogen) atoms. The number of imidazole rings is 1. The summed E-state index contributed by atoms with van der Waals surface area (Å²) < 4.78 is 13.3. The van der Waals surface area contributed by atoms with Crippen LogP contribution in [0.15, 0.2) is 24.5 Å². The lowest BCUT2D eigenvalue weighted by molar-refractivity contribution is -0.129. The van der Waals surface area contributed by atoms with Gasteiger partial charge in [0, 0.05) is 18.8 Å². The normalized spacial score (nSPS) is 17.7. The molecule has 1 aromatic heterocycles. The highest BCUT2D eigenvalue weighted by molar-refractivity contribution is 5.78. The molecule has 1 amide bonds. The Hall–Kier alpha value is -2.17. The van der Waals surface area contributed by atoms with E-state index in [1.54, 1.807) is 13.3 Å². The summed E-state index contributed by atoms with van der Waals surface area (Å²) in [6.07, 6.45) is 3.88. The van der Waals surface area contributed by atoms with Gasteiger partial charge in [-0.15, -0.1) is 0 Å². The molecule has 0 aliphatic carbocycles. The van der Waals surface area contributed by atoms with Gasteiger partial charge in [0.15, 0.2) is 0 Å². The Balaban J connectivity index is 1.56. The quantitative estimate of drug-likeness (QED) is 0.943. The van der Waals surface area contributed by atoms with Crippen LogP contribution in [0, 0.1) is 25.6 Å². The van der Waals surface area contributed by atoms with Gasteiger partial charge in [-0.05, 0) is 49.8 Å². The predicted molar refractivity (Wildman–Crippen MR) is 86.6 cm³/mol. The number of amides is 1. The lowest BCUT2D eigenvalue weighted by Gasteiger charge is -2.16. The van der Waals surface area contributed by atoms with E-state index in [0.29, 0.717) is 17.9 Å². The Morgan fingerprint density at radius 2 is 2.26 bits per heavy atom. The molecule has 0 radical (unpaired) electrons. The second-order valence-electron chi connectivity index (χ2n) is 6.43. The fourth-order valence-corrected chi connectivity index (χ4v) is 3.21. The van der Waals surface area contributed by atoms with Crippen molar-refractivity contribution in [2.24, 2.45) is 5.92 Å². The standard InChI is InChI=1S/C18H22FN3O/c1-12-7-14(3-4-16(12)19)8-15-5-6-22(10-15)18(23)9-17-13(2)20-11-21-17/h3-4,7,11,15H,5-6,8-10H2,1-2H3,(H,20,21). The molecule has 3 rings (SSSR count). The summed E-state index contributed by atoms with van der Waals surface area (Å²) in [5.74, 6) is 0.424. The van der Waals surface area contributed by atoms with E-state index in [2.05, 4.69) is 9.97 Å². The molecule has 4 nitrogen and oxygen atoms in total. The number of benzene rings is 1. The average Bonchev–Trinajstić information content (AvgIpc) is 3.13. The lowest BCUT2D eigenvalue weighted by Crippen LogP contribution is -2.30. The smallest absolute Gasteiger partial charge is 0.228 e. The largest absolute Gasteiger partial charge is 0.348 e. The lowest BCUT2D eigenvalue weighted by atomic mass is 9.97. The summed E-state index contributed by atoms with van der Waals surface area (Å²) in [6.45, 7) is 5.29. The number of hydrogen-bond acceptors (Lipinski definition) is 2. The molecule has 0 saturated carbocycles. The molecule has 1 fully saturated rings.